The Labute approximate surface area is 187 Å². The van der Waals surface area contributed by atoms with Crippen LogP contribution in [0.1, 0.15) is 36.8 Å². The Bertz CT molecular complexity index is 706. The molecule has 0 aliphatic carbocycles. The topological polar surface area (TPSA) is 55.4 Å². The molecule has 8 heteroatoms. The van der Waals surface area contributed by atoms with E-state index in [1.165, 1.54) is 11.1 Å². The summed E-state index contributed by atoms with van der Waals surface area (Å²) < 4.78 is 35.3. The van der Waals surface area contributed by atoms with Gasteiger partial charge in [0.05, 0.1) is 45.1 Å². The second kappa shape index (κ2) is 11.3. The minimum absolute atomic E-state index is 0.284. The zero-order valence-electron chi connectivity index (χ0n) is 18.0. The van der Waals surface area contributed by atoms with Gasteiger partial charge in [-0.15, -0.1) is 0 Å². The van der Waals surface area contributed by atoms with Crippen molar-refractivity contribution in [2.75, 3.05) is 39.6 Å². The van der Waals surface area contributed by atoms with Gasteiger partial charge < -0.3 is 27.1 Å². The van der Waals surface area contributed by atoms with Crippen LogP contribution < -0.4 is 0 Å². The molecule has 1 spiro atoms. The Kier molecular flexibility index (Phi) is 8.44. The SMILES string of the molecule is CC(COP1OCC2(CO1)COP(OCC(C)c1ccccc1)OC2)c1ccccc1. The van der Waals surface area contributed by atoms with Crippen molar-refractivity contribution in [3.8, 4) is 0 Å². The molecule has 4 rings (SSSR count). The molecule has 2 aromatic carbocycles. The molecule has 0 bridgehead atoms. The van der Waals surface area contributed by atoms with Crippen LogP contribution in [0.3, 0.4) is 0 Å². The minimum Gasteiger partial charge on any atom is -0.312 e. The van der Waals surface area contributed by atoms with Crippen LogP contribution in [0.15, 0.2) is 60.7 Å². The molecule has 2 saturated heterocycles. The summed E-state index contributed by atoms with van der Waals surface area (Å²) in [5.41, 5.74) is 2.20. The van der Waals surface area contributed by atoms with Gasteiger partial charge in [0.25, 0.3) is 0 Å². The first-order valence-electron chi connectivity index (χ1n) is 10.6. The largest absolute Gasteiger partial charge is 0.332 e. The highest BCUT2D eigenvalue weighted by Gasteiger charge is 2.44. The van der Waals surface area contributed by atoms with Gasteiger partial charge in [0.2, 0.25) is 0 Å². The lowest BCUT2D eigenvalue weighted by Crippen LogP contribution is -2.44. The van der Waals surface area contributed by atoms with Gasteiger partial charge in [-0.05, 0) is 11.1 Å². The summed E-state index contributed by atoms with van der Waals surface area (Å²) in [5.74, 6) is 0.569. The maximum atomic E-state index is 5.88. The standard InChI is InChI=1S/C23H30O6P2/c1-19(21-9-5-3-6-10-21)13-24-30-26-15-23(16-27-30)17-28-31(29-18-23)25-14-20(2)22-11-7-4-8-12-22/h3-12,19-20H,13-18H2,1-2H3. The molecule has 2 aliphatic rings. The number of hydrogen-bond acceptors (Lipinski definition) is 6. The van der Waals surface area contributed by atoms with Gasteiger partial charge in [0.1, 0.15) is 0 Å². The van der Waals surface area contributed by atoms with Crippen molar-refractivity contribution in [1.29, 1.82) is 0 Å². The molecule has 2 aliphatic heterocycles. The summed E-state index contributed by atoms with van der Waals surface area (Å²) in [6.45, 7) is 7.41. The van der Waals surface area contributed by atoms with E-state index >= 15 is 0 Å². The van der Waals surface area contributed by atoms with Crippen LogP contribution in [-0.4, -0.2) is 39.6 Å². The van der Waals surface area contributed by atoms with Gasteiger partial charge in [-0.2, -0.15) is 0 Å². The maximum Gasteiger partial charge on any atom is 0.332 e. The van der Waals surface area contributed by atoms with Crippen LogP contribution in [0.4, 0.5) is 0 Å². The molecule has 2 aromatic rings. The first-order valence-corrected chi connectivity index (χ1v) is 12.8. The van der Waals surface area contributed by atoms with Crippen molar-refractivity contribution in [3.63, 3.8) is 0 Å². The number of benzene rings is 2. The Morgan fingerprint density at radius 2 is 1.03 bits per heavy atom. The van der Waals surface area contributed by atoms with E-state index in [2.05, 4.69) is 38.1 Å². The molecular formula is C23H30O6P2. The van der Waals surface area contributed by atoms with E-state index in [4.69, 9.17) is 27.1 Å². The van der Waals surface area contributed by atoms with Crippen LogP contribution in [0.25, 0.3) is 0 Å². The van der Waals surface area contributed by atoms with Crippen molar-refractivity contribution < 1.29 is 27.1 Å². The third-order valence-corrected chi connectivity index (χ3v) is 7.58. The van der Waals surface area contributed by atoms with E-state index in [1.54, 1.807) is 0 Å². The average Bonchev–Trinajstić information content (AvgIpc) is 2.84. The quantitative estimate of drug-likeness (QED) is 0.436. The van der Waals surface area contributed by atoms with Crippen LogP contribution in [0.2, 0.25) is 0 Å². The minimum atomic E-state index is -1.33. The molecule has 168 valence electrons. The van der Waals surface area contributed by atoms with Crippen molar-refractivity contribution >= 4 is 17.2 Å². The van der Waals surface area contributed by atoms with Crippen LogP contribution in [0, 0.1) is 5.41 Å². The highest BCUT2D eigenvalue weighted by atomic mass is 31.2. The van der Waals surface area contributed by atoms with Crippen molar-refractivity contribution in [2.45, 2.75) is 25.7 Å². The summed E-state index contributed by atoms with van der Waals surface area (Å²) in [7, 11) is -2.67. The Balaban J connectivity index is 1.15. The highest BCUT2D eigenvalue weighted by molar-refractivity contribution is 7.42. The summed E-state index contributed by atoms with van der Waals surface area (Å²) in [6, 6.07) is 20.6. The van der Waals surface area contributed by atoms with E-state index in [0.717, 1.165) is 0 Å². The molecule has 31 heavy (non-hydrogen) atoms. The smallest absolute Gasteiger partial charge is 0.312 e. The molecular weight excluding hydrogens is 434 g/mol. The highest BCUT2D eigenvalue weighted by Crippen LogP contribution is 2.53. The fourth-order valence-corrected chi connectivity index (χ4v) is 5.99. The van der Waals surface area contributed by atoms with Gasteiger partial charge in [-0.3, -0.25) is 0 Å². The molecule has 0 N–H and O–H groups in total. The zero-order valence-corrected chi connectivity index (χ0v) is 19.8. The lowest BCUT2D eigenvalue weighted by molar-refractivity contribution is -0.0764. The van der Waals surface area contributed by atoms with Crippen LogP contribution in [0.5, 0.6) is 0 Å². The molecule has 2 unspecified atom stereocenters. The van der Waals surface area contributed by atoms with Gasteiger partial charge in [-0.25, -0.2) is 0 Å². The second-order valence-electron chi connectivity index (χ2n) is 8.26. The maximum absolute atomic E-state index is 5.88. The fourth-order valence-electron chi connectivity index (χ4n) is 3.33. The third kappa shape index (κ3) is 6.54. The Hall–Kier alpha value is -0.940. The van der Waals surface area contributed by atoms with E-state index in [9.17, 15) is 0 Å². The number of rotatable bonds is 8. The Morgan fingerprint density at radius 1 is 0.677 bits per heavy atom. The van der Waals surface area contributed by atoms with Crippen molar-refractivity contribution in [3.05, 3.63) is 71.8 Å². The van der Waals surface area contributed by atoms with Crippen molar-refractivity contribution in [2.24, 2.45) is 5.41 Å². The fraction of sp³-hybridized carbons (Fsp3) is 0.478. The van der Waals surface area contributed by atoms with E-state index < -0.39 is 17.2 Å². The van der Waals surface area contributed by atoms with Gasteiger partial charge >= 0.3 is 17.2 Å². The summed E-state index contributed by atoms with van der Waals surface area (Å²) in [6.07, 6.45) is 0. The van der Waals surface area contributed by atoms with Crippen LogP contribution in [-0.2, 0) is 27.1 Å². The van der Waals surface area contributed by atoms with Crippen molar-refractivity contribution in [1.82, 2.24) is 0 Å². The lowest BCUT2D eigenvalue weighted by atomic mass is 9.93. The monoisotopic (exact) mass is 464 g/mol. The van der Waals surface area contributed by atoms with Gasteiger partial charge in [0.15, 0.2) is 0 Å². The molecule has 0 amide bonds. The number of hydrogen-bond donors (Lipinski definition) is 0. The Morgan fingerprint density at radius 3 is 1.39 bits per heavy atom. The summed E-state index contributed by atoms with van der Waals surface area (Å²) in [5, 5.41) is 0. The average molecular weight is 464 g/mol. The zero-order chi connectivity index (χ0) is 21.5. The van der Waals surface area contributed by atoms with Gasteiger partial charge in [0, 0.05) is 11.8 Å². The first kappa shape index (κ1) is 23.2. The first-order chi connectivity index (χ1) is 15.1. The molecule has 0 aromatic heterocycles. The lowest BCUT2D eigenvalue weighted by Gasteiger charge is -2.41. The molecule has 2 fully saturated rings. The van der Waals surface area contributed by atoms with Crippen LogP contribution >= 0.6 is 17.2 Å². The molecule has 2 heterocycles. The van der Waals surface area contributed by atoms with E-state index in [1.807, 2.05) is 36.4 Å². The molecule has 0 saturated carbocycles. The molecule has 0 radical (unpaired) electrons. The normalized spacial score (nSPS) is 28.3. The summed E-state index contributed by atoms with van der Waals surface area (Å²) >= 11 is 0. The molecule has 2 atom stereocenters. The van der Waals surface area contributed by atoms with E-state index in [0.29, 0.717) is 39.6 Å². The molecule has 6 nitrogen and oxygen atoms in total. The van der Waals surface area contributed by atoms with E-state index in [-0.39, 0.29) is 17.3 Å². The summed E-state index contributed by atoms with van der Waals surface area (Å²) in [4.78, 5) is 0. The predicted octanol–water partition coefficient (Wildman–Crippen LogP) is 6.16. The predicted molar refractivity (Wildman–Crippen MR) is 122 cm³/mol. The second-order valence-corrected chi connectivity index (χ2v) is 10.7. The third-order valence-electron chi connectivity index (χ3n) is 5.50. The van der Waals surface area contributed by atoms with Gasteiger partial charge in [-0.1, -0.05) is 74.5 Å².